The minimum Gasteiger partial charge on any atom is -0.480 e. The summed E-state index contributed by atoms with van der Waals surface area (Å²) in [6, 6.07) is -0.0574. The Morgan fingerprint density at radius 2 is 2.00 bits per heavy atom. The molecule has 3 N–H and O–H groups in total. The largest absolute Gasteiger partial charge is 0.480 e. The van der Waals surface area contributed by atoms with Crippen LogP contribution in [0.4, 0.5) is 0 Å². The molecular weight excluding hydrogens is 220 g/mol. The van der Waals surface area contributed by atoms with Crippen LogP contribution in [0.2, 0.25) is 0 Å². The summed E-state index contributed by atoms with van der Waals surface area (Å²) < 4.78 is 25.5. The SMILES string of the molecule is CC(C(=O)O)S(=O)(=O)NC1C2CNCC21. The zero-order valence-electron chi connectivity index (χ0n) is 8.30. The fourth-order valence-electron chi connectivity index (χ4n) is 2.02. The van der Waals surface area contributed by atoms with Crippen LogP contribution in [-0.2, 0) is 14.8 Å². The molecule has 2 aliphatic rings. The molecule has 7 heteroatoms. The van der Waals surface area contributed by atoms with Crippen molar-refractivity contribution in [2.24, 2.45) is 11.8 Å². The van der Waals surface area contributed by atoms with Crippen molar-refractivity contribution < 1.29 is 18.3 Å². The van der Waals surface area contributed by atoms with E-state index in [-0.39, 0.29) is 6.04 Å². The Hall–Kier alpha value is -0.660. The Morgan fingerprint density at radius 1 is 1.47 bits per heavy atom. The van der Waals surface area contributed by atoms with E-state index < -0.39 is 21.2 Å². The smallest absolute Gasteiger partial charge is 0.323 e. The number of hydrogen-bond donors (Lipinski definition) is 3. The third kappa shape index (κ3) is 1.86. The summed E-state index contributed by atoms with van der Waals surface area (Å²) in [5.74, 6) is -0.618. The molecule has 0 aromatic heterocycles. The third-order valence-corrected chi connectivity index (χ3v) is 4.94. The normalized spacial score (nSPS) is 35.9. The number of rotatable bonds is 4. The van der Waals surface area contributed by atoms with Gasteiger partial charge in [-0.3, -0.25) is 4.79 Å². The van der Waals surface area contributed by atoms with Crippen LogP contribution in [0.1, 0.15) is 6.92 Å². The molecule has 3 atom stereocenters. The van der Waals surface area contributed by atoms with E-state index in [1.54, 1.807) is 0 Å². The lowest BCUT2D eigenvalue weighted by atomic mass is 10.4. The summed E-state index contributed by atoms with van der Waals surface area (Å²) in [6.07, 6.45) is 0. The highest BCUT2D eigenvalue weighted by Crippen LogP contribution is 2.42. The van der Waals surface area contributed by atoms with Gasteiger partial charge in [0.1, 0.15) is 0 Å². The van der Waals surface area contributed by atoms with E-state index in [4.69, 9.17) is 5.11 Å². The van der Waals surface area contributed by atoms with Crippen LogP contribution in [0.15, 0.2) is 0 Å². The van der Waals surface area contributed by atoms with E-state index in [0.29, 0.717) is 11.8 Å². The zero-order chi connectivity index (χ0) is 11.2. The van der Waals surface area contributed by atoms with Crippen molar-refractivity contribution in [1.29, 1.82) is 0 Å². The number of aliphatic carboxylic acids is 1. The Balaban J connectivity index is 1.97. The molecule has 3 unspecified atom stereocenters. The molecule has 1 saturated carbocycles. The number of fused-ring (bicyclic) bond motifs is 1. The molecule has 86 valence electrons. The molecular formula is C8H14N2O4S. The first-order valence-corrected chi connectivity index (χ1v) is 6.43. The van der Waals surface area contributed by atoms with Crippen LogP contribution >= 0.6 is 0 Å². The molecule has 1 aliphatic carbocycles. The highest BCUT2D eigenvalue weighted by atomic mass is 32.2. The molecule has 0 aromatic rings. The van der Waals surface area contributed by atoms with Crippen molar-refractivity contribution in [1.82, 2.24) is 10.0 Å². The summed E-state index contributed by atoms with van der Waals surface area (Å²) in [5, 5.41) is 10.4. The Bertz CT molecular complexity index is 370. The molecule has 1 saturated heterocycles. The summed E-state index contributed by atoms with van der Waals surface area (Å²) in [5.41, 5.74) is 0. The molecule has 2 rings (SSSR count). The van der Waals surface area contributed by atoms with Gasteiger partial charge < -0.3 is 10.4 Å². The van der Waals surface area contributed by atoms with Gasteiger partial charge in [0.15, 0.2) is 5.25 Å². The molecule has 0 spiro atoms. The molecule has 0 bridgehead atoms. The average molecular weight is 234 g/mol. The van der Waals surface area contributed by atoms with Crippen LogP contribution < -0.4 is 10.0 Å². The Morgan fingerprint density at radius 3 is 2.47 bits per heavy atom. The van der Waals surface area contributed by atoms with Crippen LogP contribution in [-0.4, -0.2) is 43.9 Å². The predicted octanol–water partition coefficient (Wildman–Crippen LogP) is -1.40. The van der Waals surface area contributed by atoms with E-state index in [0.717, 1.165) is 13.1 Å². The molecule has 0 amide bonds. The molecule has 15 heavy (non-hydrogen) atoms. The number of piperidine rings is 1. The first-order valence-electron chi connectivity index (χ1n) is 4.88. The Labute approximate surface area is 88.1 Å². The lowest BCUT2D eigenvalue weighted by molar-refractivity contribution is -0.136. The summed E-state index contributed by atoms with van der Waals surface area (Å²) in [4.78, 5) is 10.6. The second kappa shape index (κ2) is 3.43. The molecule has 2 fully saturated rings. The maximum atomic E-state index is 11.5. The van der Waals surface area contributed by atoms with Gasteiger partial charge in [0.2, 0.25) is 10.0 Å². The van der Waals surface area contributed by atoms with E-state index in [9.17, 15) is 13.2 Å². The number of sulfonamides is 1. The van der Waals surface area contributed by atoms with Gasteiger partial charge in [0.05, 0.1) is 0 Å². The first-order chi connectivity index (χ1) is 6.93. The quantitative estimate of drug-likeness (QED) is 0.556. The van der Waals surface area contributed by atoms with Crippen molar-refractivity contribution in [3.05, 3.63) is 0 Å². The highest BCUT2D eigenvalue weighted by molar-refractivity contribution is 7.90. The van der Waals surface area contributed by atoms with Gasteiger partial charge in [-0.15, -0.1) is 0 Å². The van der Waals surface area contributed by atoms with Crippen molar-refractivity contribution in [3.8, 4) is 0 Å². The fourth-order valence-corrected chi connectivity index (χ4v) is 3.22. The number of carboxylic acid groups (broad SMARTS) is 1. The van der Waals surface area contributed by atoms with Crippen LogP contribution in [0.25, 0.3) is 0 Å². The van der Waals surface area contributed by atoms with Crippen LogP contribution in [0.5, 0.6) is 0 Å². The van der Waals surface area contributed by atoms with E-state index in [2.05, 4.69) is 10.0 Å². The van der Waals surface area contributed by atoms with Crippen molar-refractivity contribution >= 4 is 16.0 Å². The highest BCUT2D eigenvalue weighted by Gasteiger charge is 2.55. The average Bonchev–Trinajstić information content (AvgIpc) is 2.64. The lowest BCUT2D eigenvalue weighted by Crippen LogP contribution is -2.41. The topological polar surface area (TPSA) is 95.5 Å². The lowest BCUT2D eigenvalue weighted by Gasteiger charge is -2.11. The van der Waals surface area contributed by atoms with Gasteiger partial charge >= 0.3 is 5.97 Å². The summed E-state index contributed by atoms with van der Waals surface area (Å²) in [7, 11) is -3.72. The molecule has 1 aliphatic heterocycles. The third-order valence-electron chi connectivity index (χ3n) is 3.21. The van der Waals surface area contributed by atoms with Gasteiger partial charge in [-0.25, -0.2) is 13.1 Å². The molecule has 0 aromatic carbocycles. The second-order valence-electron chi connectivity index (χ2n) is 4.16. The maximum absolute atomic E-state index is 11.5. The maximum Gasteiger partial charge on any atom is 0.323 e. The van der Waals surface area contributed by atoms with Gasteiger partial charge in [0.25, 0.3) is 0 Å². The second-order valence-corrected chi connectivity index (χ2v) is 6.19. The molecule has 6 nitrogen and oxygen atoms in total. The minimum atomic E-state index is -3.72. The number of nitrogens with one attached hydrogen (secondary N) is 2. The van der Waals surface area contributed by atoms with E-state index >= 15 is 0 Å². The number of hydrogen-bond acceptors (Lipinski definition) is 4. The van der Waals surface area contributed by atoms with Gasteiger partial charge in [0, 0.05) is 6.04 Å². The standard InChI is InChI=1S/C8H14N2O4S/c1-4(8(11)12)15(13,14)10-7-5-2-9-3-6(5)7/h4-7,9-10H,2-3H2,1H3,(H,11,12). The number of carboxylic acids is 1. The Kier molecular flexibility index (Phi) is 2.48. The van der Waals surface area contributed by atoms with Gasteiger partial charge in [-0.1, -0.05) is 0 Å². The predicted molar refractivity (Wildman–Crippen MR) is 52.8 cm³/mol. The van der Waals surface area contributed by atoms with Gasteiger partial charge in [-0.05, 0) is 31.8 Å². The van der Waals surface area contributed by atoms with E-state index in [1.165, 1.54) is 6.92 Å². The van der Waals surface area contributed by atoms with E-state index in [1.807, 2.05) is 0 Å². The number of carbonyl (C=O) groups is 1. The van der Waals surface area contributed by atoms with Gasteiger partial charge in [-0.2, -0.15) is 0 Å². The van der Waals surface area contributed by atoms with Crippen LogP contribution in [0, 0.1) is 11.8 Å². The summed E-state index contributed by atoms with van der Waals surface area (Å²) >= 11 is 0. The van der Waals surface area contributed by atoms with Crippen molar-refractivity contribution in [3.63, 3.8) is 0 Å². The monoisotopic (exact) mass is 234 g/mol. The van der Waals surface area contributed by atoms with Crippen LogP contribution in [0.3, 0.4) is 0 Å². The van der Waals surface area contributed by atoms with Crippen molar-refractivity contribution in [2.75, 3.05) is 13.1 Å². The summed E-state index contributed by atoms with van der Waals surface area (Å²) in [6.45, 7) is 2.82. The fraction of sp³-hybridized carbons (Fsp3) is 0.875. The zero-order valence-corrected chi connectivity index (χ0v) is 9.12. The molecule has 1 heterocycles. The first kappa shape index (κ1) is 10.8. The molecule has 0 radical (unpaired) electrons. The minimum absolute atomic E-state index is 0.0574. The van der Waals surface area contributed by atoms with Crippen molar-refractivity contribution in [2.45, 2.75) is 18.2 Å².